The van der Waals surface area contributed by atoms with Gasteiger partial charge < -0.3 is 10.6 Å². The Morgan fingerprint density at radius 2 is 1.65 bits per heavy atom. The number of hydrogen-bond acceptors (Lipinski definition) is 3. The van der Waals surface area contributed by atoms with Crippen molar-refractivity contribution in [3.05, 3.63) is 65.5 Å². The number of carbonyl (C=O) groups is 2. The van der Waals surface area contributed by atoms with Crippen molar-refractivity contribution >= 4 is 17.4 Å². The van der Waals surface area contributed by atoms with E-state index in [1.54, 1.807) is 36.4 Å². The average Bonchev–Trinajstić information content (AvgIpc) is 2.54. The maximum absolute atomic E-state index is 12.8. The first kappa shape index (κ1) is 16.8. The van der Waals surface area contributed by atoms with Crippen molar-refractivity contribution in [3.8, 4) is 0 Å². The zero-order valence-electron chi connectivity index (χ0n) is 12.9. The van der Waals surface area contributed by atoms with E-state index < -0.39 is 0 Å². The maximum Gasteiger partial charge on any atom is 0.238 e. The van der Waals surface area contributed by atoms with Gasteiger partial charge in [-0.2, -0.15) is 0 Å². The molecule has 0 fully saturated rings. The van der Waals surface area contributed by atoms with Gasteiger partial charge in [0.2, 0.25) is 5.91 Å². The molecule has 0 radical (unpaired) electrons. The Labute approximate surface area is 134 Å². The third kappa shape index (κ3) is 5.64. The molecule has 0 saturated carbocycles. The van der Waals surface area contributed by atoms with Gasteiger partial charge in [0.25, 0.3) is 0 Å². The largest absolute Gasteiger partial charge is 0.325 e. The second kappa shape index (κ2) is 8.19. The molecule has 2 rings (SSSR count). The summed E-state index contributed by atoms with van der Waals surface area (Å²) in [5.41, 5.74) is 2.28. The molecule has 2 aromatic carbocycles. The van der Waals surface area contributed by atoms with E-state index in [9.17, 15) is 14.0 Å². The van der Waals surface area contributed by atoms with Crippen molar-refractivity contribution in [1.82, 2.24) is 5.32 Å². The van der Waals surface area contributed by atoms with E-state index in [0.29, 0.717) is 17.8 Å². The fourth-order valence-electron chi connectivity index (χ4n) is 2.08. The summed E-state index contributed by atoms with van der Waals surface area (Å²) in [7, 11) is 0. The number of anilines is 1. The molecule has 0 aromatic heterocycles. The van der Waals surface area contributed by atoms with Gasteiger partial charge in [-0.3, -0.25) is 9.59 Å². The molecule has 2 N–H and O–H groups in total. The van der Waals surface area contributed by atoms with Crippen molar-refractivity contribution in [3.63, 3.8) is 0 Å². The molecule has 0 atom stereocenters. The van der Waals surface area contributed by atoms with Crippen LogP contribution in [0.1, 0.15) is 22.8 Å². The molecule has 0 bridgehead atoms. The number of ketones is 1. The highest BCUT2D eigenvalue weighted by Gasteiger charge is 2.03. The van der Waals surface area contributed by atoms with Crippen molar-refractivity contribution in [1.29, 1.82) is 0 Å². The van der Waals surface area contributed by atoms with Crippen LogP contribution in [0.4, 0.5) is 10.1 Å². The van der Waals surface area contributed by atoms with Gasteiger partial charge in [0.1, 0.15) is 5.82 Å². The molecule has 0 aliphatic rings. The number of amides is 1. The minimum atomic E-state index is -0.253. The maximum atomic E-state index is 12.8. The van der Waals surface area contributed by atoms with Crippen LogP contribution in [0, 0.1) is 5.82 Å². The zero-order valence-corrected chi connectivity index (χ0v) is 12.9. The van der Waals surface area contributed by atoms with Gasteiger partial charge in [-0.25, -0.2) is 4.39 Å². The fraction of sp³-hybridized carbons (Fsp3) is 0.222. The average molecular weight is 314 g/mol. The molecule has 0 saturated heterocycles. The Morgan fingerprint density at radius 3 is 2.26 bits per heavy atom. The summed E-state index contributed by atoms with van der Waals surface area (Å²) >= 11 is 0. The molecule has 0 spiro atoms. The molecule has 5 heteroatoms. The van der Waals surface area contributed by atoms with Crippen molar-refractivity contribution in [2.45, 2.75) is 13.3 Å². The lowest BCUT2D eigenvalue weighted by Crippen LogP contribution is -2.29. The third-order valence-corrected chi connectivity index (χ3v) is 3.36. The number of rotatable bonds is 7. The summed E-state index contributed by atoms with van der Waals surface area (Å²) in [5, 5.41) is 5.79. The summed E-state index contributed by atoms with van der Waals surface area (Å²) in [4.78, 5) is 23.0. The number of nitrogens with one attached hydrogen (secondary N) is 2. The quantitative estimate of drug-likeness (QED) is 0.610. The molecule has 2 aromatic rings. The van der Waals surface area contributed by atoms with Gasteiger partial charge in [0, 0.05) is 11.3 Å². The van der Waals surface area contributed by atoms with Crippen LogP contribution < -0.4 is 10.6 Å². The van der Waals surface area contributed by atoms with E-state index in [2.05, 4.69) is 10.6 Å². The highest BCUT2D eigenvalue weighted by atomic mass is 19.1. The van der Waals surface area contributed by atoms with Crippen LogP contribution in [0.3, 0.4) is 0 Å². The van der Waals surface area contributed by atoms with E-state index in [4.69, 9.17) is 0 Å². The highest BCUT2D eigenvalue weighted by molar-refractivity contribution is 5.96. The molecule has 0 heterocycles. The molecular formula is C18H19FN2O2. The Kier molecular flexibility index (Phi) is 6.00. The fourth-order valence-corrected chi connectivity index (χ4v) is 2.08. The van der Waals surface area contributed by atoms with E-state index in [0.717, 1.165) is 12.0 Å². The standard InChI is InChI=1S/C18H19FN2O2/c1-13(22)15-4-8-17(9-5-15)21-18(23)12-20-11-10-14-2-6-16(19)7-3-14/h2-9,20H,10-12H2,1H3,(H,21,23). The summed E-state index contributed by atoms with van der Waals surface area (Å²) in [5.74, 6) is -0.415. The lowest BCUT2D eigenvalue weighted by atomic mass is 10.1. The zero-order chi connectivity index (χ0) is 16.7. The summed E-state index contributed by atoms with van der Waals surface area (Å²) in [6.07, 6.45) is 0.723. The van der Waals surface area contributed by atoms with E-state index >= 15 is 0 Å². The Hall–Kier alpha value is -2.53. The monoisotopic (exact) mass is 314 g/mol. The second-order valence-corrected chi connectivity index (χ2v) is 5.23. The first-order valence-electron chi connectivity index (χ1n) is 7.40. The Bertz CT molecular complexity index is 666. The van der Waals surface area contributed by atoms with Gasteiger partial charge in [-0.1, -0.05) is 12.1 Å². The second-order valence-electron chi connectivity index (χ2n) is 5.23. The first-order valence-corrected chi connectivity index (χ1v) is 7.40. The van der Waals surface area contributed by atoms with Crippen LogP contribution in [0.25, 0.3) is 0 Å². The number of Topliss-reactive ketones (excluding diaryl/α,β-unsaturated/α-hetero) is 1. The molecule has 0 aliphatic heterocycles. The Morgan fingerprint density at radius 1 is 1.00 bits per heavy atom. The van der Waals surface area contributed by atoms with Crippen LogP contribution in [0.5, 0.6) is 0 Å². The van der Waals surface area contributed by atoms with Crippen LogP contribution in [-0.2, 0) is 11.2 Å². The topological polar surface area (TPSA) is 58.2 Å². The first-order chi connectivity index (χ1) is 11.0. The summed E-state index contributed by atoms with van der Waals surface area (Å²) < 4.78 is 12.8. The van der Waals surface area contributed by atoms with E-state index in [-0.39, 0.29) is 24.1 Å². The molecule has 120 valence electrons. The number of benzene rings is 2. The van der Waals surface area contributed by atoms with Gasteiger partial charge in [-0.15, -0.1) is 0 Å². The molecule has 0 unspecified atom stereocenters. The highest BCUT2D eigenvalue weighted by Crippen LogP contribution is 2.09. The minimum Gasteiger partial charge on any atom is -0.325 e. The number of hydrogen-bond donors (Lipinski definition) is 2. The predicted molar refractivity (Wildman–Crippen MR) is 88.0 cm³/mol. The molecule has 23 heavy (non-hydrogen) atoms. The van der Waals surface area contributed by atoms with Crippen LogP contribution >= 0.6 is 0 Å². The molecule has 1 amide bonds. The van der Waals surface area contributed by atoms with Gasteiger partial charge in [0.05, 0.1) is 6.54 Å². The molecule has 0 aliphatic carbocycles. The van der Waals surface area contributed by atoms with Crippen LogP contribution in [0.15, 0.2) is 48.5 Å². The summed E-state index contributed by atoms with van der Waals surface area (Å²) in [6.45, 7) is 2.32. The molecular weight excluding hydrogens is 295 g/mol. The lowest BCUT2D eigenvalue weighted by Gasteiger charge is -2.07. The van der Waals surface area contributed by atoms with Gasteiger partial charge in [0.15, 0.2) is 5.78 Å². The normalized spacial score (nSPS) is 10.3. The lowest BCUT2D eigenvalue weighted by molar-refractivity contribution is -0.115. The predicted octanol–water partition coefficient (Wildman–Crippen LogP) is 2.80. The van der Waals surface area contributed by atoms with Crippen LogP contribution in [0.2, 0.25) is 0 Å². The van der Waals surface area contributed by atoms with Crippen molar-refractivity contribution in [2.24, 2.45) is 0 Å². The van der Waals surface area contributed by atoms with Crippen LogP contribution in [-0.4, -0.2) is 24.8 Å². The van der Waals surface area contributed by atoms with Crippen molar-refractivity contribution in [2.75, 3.05) is 18.4 Å². The van der Waals surface area contributed by atoms with Gasteiger partial charge in [-0.05, 0) is 61.9 Å². The minimum absolute atomic E-state index is 0.00895. The molecule has 4 nitrogen and oxygen atoms in total. The number of carbonyl (C=O) groups excluding carboxylic acids is 2. The van der Waals surface area contributed by atoms with E-state index in [1.807, 2.05) is 0 Å². The number of halogens is 1. The Balaban J connectivity index is 1.70. The van der Waals surface area contributed by atoms with Gasteiger partial charge >= 0.3 is 0 Å². The third-order valence-electron chi connectivity index (χ3n) is 3.36. The summed E-state index contributed by atoms with van der Waals surface area (Å²) in [6, 6.07) is 13.1. The smallest absolute Gasteiger partial charge is 0.238 e. The van der Waals surface area contributed by atoms with Crippen molar-refractivity contribution < 1.29 is 14.0 Å². The van der Waals surface area contributed by atoms with E-state index in [1.165, 1.54) is 19.1 Å². The SMILES string of the molecule is CC(=O)c1ccc(NC(=O)CNCCc2ccc(F)cc2)cc1.